The molecule has 2 N–H and O–H groups in total. The number of hydrogen-bond acceptors (Lipinski definition) is 3. The molecular formula is C16H25N5. The SMILES string of the molecule is C=CCn1c(C(C)(C)C)nc(-c2cn(C)nc2CC)c1N. The summed E-state index contributed by atoms with van der Waals surface area (Å²) in [5.74, 6) is 1.66. The van der Waals surface area contributed by atoms with Gasteiger partial charge in [0.15, 0.2) is 0 Å². The van der Waals surface area contributed by atoms with Crippen molar-refractivity contribution in [2.45, 2.75) is 46.1 Å². The van der Waals surface area contributed by atoms with Crippen LogP contribution in [0.3, 0.4) is 0 Å². The monoisotopic (exact) mass is 287 g/mol. The van der Waals surface area contributed by atoms with E-state index in [1.54, 1.807) is 0 Å². The summed E-state index contributed by atoms with van der Waals surface area (Å²) in [6, 6.07) is 0. The lowest BCUT2D eigenvalue weighted by atomic mass is 9.95. The Labute approximate surface area is 126 Å². The molecule has 114 valence electrons. The molecule has 0 bridgehead atoms. The van der Waals surface area contributed by atoms with Crippen molar-refractivity contribution >= 4 is 5.82 Å². The third-order valence-corrected chi connectivity index (χ3v) is 3.48. The number of nitrogen functional groups attached to an aromatic ring is 1. The van der Waals surface area contributed by atoms with Crippen LogP contribution in [0, 0.1) is 0 Å². The second-order valence-electron chi connectivity index (χ2n) is 6.34. The van der Waals surface area contributed by atoms with Crippen LogP contribution >= 0.6 is 0 Å². The minimum absolute atomic E-state index is 0.0794. The van der Waals surface area contributed by atoms with E-state index < -0.39 is 0 Å². The lowest BCUT2D eigenvalue weighted by molar-refractivity contribution is 0.515. The summed E-state index contributed by atoms with van der Waals surface area (Å²) in [6.45, 7) is 13.0. The smallest absolute Gasteiger partial charge is 0.132 e. The highest BCUT2D eigenvalue weighted by Gasteiger charge is 2.26. The summed E-state index contributed by atoms with van der Waals surface area (Å²) >= 11 is 0. The molecule has 0 atom stereocenters. The maximum atomic E-state index is 6.37. The van der Waals surface area contributed by atoms with Crippen LogP contribution in [0.15, 0.2) is 18.9 Å². The Hall–Kier alpha value is -2.04. The zero-order valence-corrected chi connectivity index (χ0v) is 13.6. The Balaban J connectivity index is 2.67. The first-order valence-electron chi connectivity index (χ1n) is 7.29. The van der Waals surface area contributed by atoms with Crippen LogP contribution in [0.2, 0.25) is 0 Å². The summed E-state index contributed by atoms with van der Waals surface area (Å²) in [5, 5.41) is 4.49. The molecule has 0 amide bonds. The quantitative estimate of drug-likeness (QED) is 0.879. The standard InChI is InChI=1S/C16H25N5/c1-7-9-21-14(17)13(18-15(21)16(3,4)5)11-10-20(6)19-12(11)8-2/h7,10H,1,8-9,17H2,2-6H3. The highest BCUT2D eigenvalue weighted by Crippen LogP contribution is 2.33. The Morgan fingerprint density at radius 1 is 1.38 bits per heavy atom. The summed E-state index contributed by atoms with van der Waals surface area (Å²) in [7, 11) is 1.92. The molecule has 5 heteroatoms. The Bertz CT molecular complexity index is 655. The lowest BCUT2D eigenvalue weighted by Gasteiger charge is -2.19. The van der Waals surface area contributed by atoms with Gasteiger partial charge >= 0.3 is 0 Å². The second-order valence-corrected chi connectivity index (χ2v) is 6.34. The molecule has 5 nitrogen and oxygen atoms in total. The largest absolute Gasteiger partial charge is 0.383 e. The third kappa shape index (κ3) is 2.73. The Morgan fingerprint density at radius 2 is 2.05 bits per heavy atom. The first-order chi connectivity index (χ1) is 9.79. The van der Waals surface area contributed by atoms with E-state index in [1.165, 1.54) is 0 Å². The van der Waals surface area contributed by atoms with Crippen LogP contribution in [0.4, 0.5) is 5.82 Å². The maximum absolute atomic E-state index is 6.37. The molecule has 2 rings (SSSR count). The number of aryl methyl sites for hydroxylation is 2. The van der Waals surface area contributed by atoms with Crippen molar-refractivity contribution in [1.29, 1.82) is 0 Å². The average Bonchev–Trinajstić information content (AvgIpc) is 2.91. The number of imidazole rings is 1. The zero-order valence-electron chi connectivity index (χ0n) is 13.6. The minimum Gasteiger partial charge on any atom is -0.383 e. The van der Waals surface area contributed by atoms with E-state index in [0.29, 0.717) is 12.4 Å². The van der Waals surface area contributed by atoms with Gasteiger partial charge in [-0.3, -0.25) is 4.68 Å². The van der Waals surface area contributed by atoms with Crippen LogP contribution in [-0.4, -0.2) is 19.3 Å². The highest BCUT2D eigenvalue weighted by atomic mass is 15.3. The van der Waals surface area contributed by atoms with Gasteiger partial charge in [-0.1, -0.05) is 33.8 Å². The van der Waals surface area contributed by atoms with E-state index >= 15 is 0 Å². The van der Waals surface area contributed by atoms with Crippen LogP contribution in [0.1, 0.15) is 39.2 Å². The van der Waals surface area contributed by atoms with Gasteiger partial charge in [0, 0.05) is 30.8 Å². The van der Waals surface area contributed by atoms with Crippen LogP contribution in [0.5, 0.6) is 0 Å². The van der Waals surface area contributed by atoms with Crippen LogP contribution in [-0.2, 0) is 25.4 Å². The summed E-state index contributed by atoms with van der Waals surface area (Å²) in [4.78, 5) is 4.83. The van der Waals surface area contributed by atoms with Gasteiger partial charge < -0.3 is 10.3 Å². The van der Waals surface area contributed by atoms with E-state index in [9.17, 15) is 0 Å². The average molecular weight is 287 g/mol. The summed E-state index contributed by atoms with van der Waals surface area (Å²) < 4.78 is 3.85. The topological polar surface area (TPSA) is 61.7 Å². The van der Waals surface area contributed by atoms with Gasteiger partial charge in [0.1, 0.15) is 17.3 Å². The first-order valence-corrected chi connectivity index (χ1v) is 7.29. The number of nitrogens with two attached hydrogens (primary N) is 1. The van der Waals surface area contributed by atoms with Crippen LogP contribution < -0.4 is 5.73 Å². The fourth-order valence-electron chi connectivity index (χ4n) is 2.54. The molecule has 0 aromatic carbocycles. The minimum atomic E-state index is -0.0794. The second kappa shape index (κ2) is 5.39. The number of aromatic nitrogens is 4. The molecule has 2 heterocycles. The molecule has 0 fully saturated rings. The van der Waals surface area contributed by atoms with Gasteiger partial charge in [-0.05, 0) is 6.42 Å². The molecule has 0 aliphatic heterocycles. The normalized spacial score (nSPS) is 11.9. The van der Waals surface area contributed by atoms with Crippen molar-refractivity contribution in [3.63, 3.8) is 0 Å². The van der Waals surface area contributed by atoms with E-state index in [4.69, 9.17) is 10.7 Å². The number of nitrogens with zero attached hydrogens (tertiary/aromatic N) is 4. The van der Waals surface area contributed by atoms with E-state index in [2.05, 4.69) is 39.4 Å². The summed E-state index contributed by atoms with van der Waals surface area (Å²) in [6.07, 6.45) is 4.69. The van der Waals surface area contributed by atoms with E-state index in [-0.39, 0.29) is 5.41 Å². The maximum Gasteiger partial charge on any atom is 0.132 e. The summed E-state index contributed by atoms with van der Waals surface area (Å²) in [5.41, 5.74) is 9.15. The fraction of sp³-hybridized carbons (Fsp3) is 0.500. The van der Waals surface area contributed by atoms with Crippen molar-refractivity contribution in [2.75, 3.05) is 5.73 Å². The number of anilines is 1. The molecule has 2 aromatic heterocycles. The van der Waals surface area contributed by atoms with Crippen molar-refractivity contribution in [3.8, 4) is 11.3 Å². The Kier molecular flexibility index (Phi) is 3.94. The van der Waals surface area contributed by atoms with Gasteiger partial charge in [-0.25, -0.2) is 4.98 Å². The third-order valence-electron chi connectivity index (χ3n) is 3.48. The number of allylic oxidation sites excluding steroid dienone is 1. The molecule has 2 aromatic rings. The van der Waals surface area contributed by atoms with Gasteiger partial charge in [0.05, 0.1) is 5.69 Å². The lowest BCUT2D eigenvalue weighted by Crippen LogP contribution is -2.19. The molecule has 0 saturated carbocycles. The molecule has 0 unspecified atom stereocenters. The van der Waals surface area contributed by atoms with Gasteiger partial charge in [-0.2, -0.15) is 5.10 Å². The van der Waals surface area contributed by atoms with Crippen LogP contribution in [0.25, 0.3) is 11.3 Å². The van der Waals surface area contributed by atoms with Gasteiger partial charge in [-0.15, -0.1) is 6.58 Å². The zero-order chi connectivity index (χ0) is 15.8. The molecule has 0 aliphatic rings. The van der Waals surface area contributed by atoms with Crippen molar-refractivity contribution in [3.05, 3.63) is 30.4 Å². The van der Waals surface area contributed by atoms with E-state index in [1.807, 2.05) is 28.6 Å². The highest BCUT2D eigenvalue weighted by molar-refractivity contribution is 5.72. The Morgan fingerprint density at radius 3 is 2.57 bits per heavy atom. The molecule has 0 radical (unpaired) electrons. The van der Waals surface area contributed by atoms with Gasteiger partial charge in [0.2, 0.25) is 0 Å². The predicted molar refractivity (Wildman–Crippen MR) is 87.1 cm³/mol. The van der Waals surface area contributed by atoms with Crippen molar-refractivity contribution in [1.82, 2.24) is 19.3 Å². The first kappa shape index (κ1) is 15.4. The number of hydrogen-bond donors (Lipinski definition) is 1. The van der Waals surface area contributed by atoms with Crippen molar-refractivity contribution in [2.24, 2.45) is 7.05 Å². The molecule has 0 aliphatic carbocycles. The van der Waals surface area contributed by atoms with Crippen molar-refractivity contribution < 1.29 is 0 Å². The molecular weight excluding hydrogens is 262 g/mol. The fourth-order valence-corrected chi connectivity index (χ4v) is 2.54. The molecule has 21 heavy (non-hydrogen) atoms. The number of rotatable bonds is 4. The van der Waals surface area contributed by atoms with Gasteiger partial charge in [0.25, 0.3) is 0 Å². The predicted octanol–water partition coefficient (Wildman–Crippen LogP) is 2.91. The molecule has 0 saturated heterocycles. The molecule has 0 spiro atoms. The van der Waals surface area contributed by atoms with E-state index in [0.717, 1.165) is 29.2 Å².